The molecule has 0 aliphatic heterocycles. The maximum atomic E-state index is 13.9. The predicted molar refractivity (Wildman–Crippen MR) is 148 cm³/mol. The topological polar surface area (TPSA) is 164 Å². The zero-order valence-corrected chi connectivity index (χ0v) is 22.9. The van der Waals surface area contributed by atoms with Crippen molar-refractivity contribution < 1.29 is 28.7 Å². The van der Waals surface area contributed by atoms with Crippen molar-refractivity contribution in [1.82, 2.24) is 10.2 Å². The number of carbonyl (C=O) groups is 4. The summed E-state index contributed by atoms with van der Waals surface area (Å²) in [5.41, 5.74) is 5.42. The van der Waals surface area contributed by atoms with Crippen molar-refractivity contribution in [2.75, 3.05) is 19.0 Å². The summed E-state index contributed by atoms with van der Waals surface area (Å²) in [5, 5.41) is 14.8. The molecule has 11 nitrogen and oxygen atoms in total. The van der Waals surface area contributed by atoms with Crippen molar-refractivity contribution in [2.24, 2.45) is 5.73 Å². The third-order valence-electron chi connectivity index (χ3n) is 5.52. The van der Waals surface area contributed by atoms with Gasteiger partial charge in [0.25, 0.3) is 5.91 Å². The molecule has 0 bridgehead atoms. The number of methoxy groups -OCH3 is 1. The maximum Gasteiger partial charge on any atom is 0.408 e. The van der Waals surface area contributed by atoms with E-state index in [1.807, 2.05) is 6.07 Å². The summed E-state index contributed by atoms with van der Waals surface area (Å²) in [6, 6.07) is 12.2. The number of ether oxygens (including phenoxy) is 2. The van der Waals surface area contributed by atoms with Gasteiger partial charge in [0.1, 0.15) is 30.0 Å². The molecule has 0 saturated carbocycles. The van der Waals surface area contributed by atoms with E-state index in [1.165, 1.54) is 7.11 Å². The molecule has 40 heavy (non-hydrogen) atoms. The minimum atomic E-state index is -1.38. The third-order valence-corrected chi connectivity index (χ3v) is 5.52. The largest absolute Gasteiger partial charge is 0.497 e. The Bertz CT molecular complexity index is 1300. The number of anilines is 1. The van der Waals surface area contributed by atoms with E-state index in [0.717, 1.165) is 4.90 Å². The second-order valence-corrected chi connectivity index (χ2v) is 9.68. The first-order valence-corrected chi connectivity index (χ1v) is 12.4. The lowest BCUT2D eigenvalue weighted by molar-refractivity contribution is -0.140. The van der Waals surface area contributed by atoms with Crippen molar-refractivity contribution >= 4 is 29.5 Å². The Morgan fingerprint density at radius 1 is 1.10 bits per heavy atom. The lowest BCUT2D eigenvalue weighted by Crippen LogP contribution is -2.52. The molecule has 4 amide bonds. The normalized spacial score (nSPS) is 12.1. The summed E-state index contributed by atoms with van der Waals surface area (Å²) in [5.74, 6) is 0.893. The van der Waals surface area contributed by atoms with E-state index in [4.69, 9.17) is 21.6 Å². The van der Waals surface area contributed by atoms with Gasteiger partial charge in [-0.15, -0.1) is 6.42 Å². The highest BCUT2D eigenvalue weighted by atomic mass is 16.6. The van der Waals surface area contributed by atoms with Gasteiger partial charge >= 0.3 is 6.09 Å². The number of carbonyl (C=O) groups excluding carboxylic acids is 4. The van der Waals surface area contributed by atoms with Gasteiger partial charge in [0, 0.05) is 17.7 Å². The Kier molecular flexibility index (Phi) is 11.1. The SMILES string of the molecule is C#Cc1ccccc1C(C(=O)Nc1ccc(OC)cc1)N(CC#N)C(=O)C(CCC(N)=O)NC(=O)OC(C)(C)C. The number of benzene rings is 2. The second kappa shape index (κ2) is 14.2. The van der Waals surface area contributed by atoms with E-state index in [2.05, 4.69) is 16.6 Å². The van der Waals surface area contributed by atoms with Crippen LogP contribution in [0.4, 0.5) is 10.5 Å². The number of amides is 4. The van der Waals surface area contributed by atoms with Gasteiger partial charge < -0.3 is 30.7 Å². The van der Waals surface area contributed by atoms with Crippen LogP contribution >= 0.6 is 0 Å². The molecule has 0 spiro atoms. The van der Waals surface area contributed by atoms with Gasteiger partial charge in [-0.1, -0.05) is 24.1 Å². The van der Waals surface area contributed by atoms with Gasteiger partial charge in [-0.05, 0) is 63.1 Å². The number of primary amides is 1. The van der Waals surface area contributed by atoms with Crippen LogP contribution in [-0.2, 0) is 19.1 Å². The van der Waals surface area contributed by atoms with Gasteiger partial charge in [0.2, 0.25) is 11.8 Å². The lowest BCUT2D eigenvalue weighted by atomic mass is 9.97. The van der Waals surface area contributed by atoms with E-state index in [-0.39, 0.29) is 18.4 Å². The van der Waals surface area contributed by atoms with E-state index in [1.54, 1.807) is 69.3 Å². The fraction of sp³-hybridized carbons (Fsp3) is 0.345. The van der Waals surface area contributed by atoms with Crippen molar-refractivity contribution in [3.8, 4) is 24.2 Å². The third kappa shape index (κ3) is 9.07. The highest BCUT2D eigenvalue weighted by molar-refractivity contribution is 5.99. The van der Waals surface area contributed by atoms with Crippen molar-refractivity contribution in [3.05, 3.63) is 59.7 Å². The standard InChI is InChI=1S/C29H33N5O6/c1-6-19-9-7-8-10-22(19)25(26(36)32-20-11-13-21(39-5)14-12-20)34(18-17-30)27(37)23(15-16-24(31)35)33-28(38)40-29(2,3)4/h1,7-14,23,25H,15-16,18H2,2-5H3,(H2,31,35)(H,32,36)(H,33,38). The molecule has 0 heterocycles. The van der Waals surface area contributed by atoms with Crippen molar-refractivity contribution in [1.29, 1.82) is 5.26 Å². The molecule has 2 aromatic rings. The van der Waals surface area contributed by atoms with Crippen LogP contribution in [0, 0.1) is 23.7 Å². The summed E-state index contributed by atoms with van der Waals surface area (Å²) < 4.78 is 10.4. The summed E-state index contributed by atoms with van der Waals surface area (Å²) >= 11 is 0. The van der Waals surface area contributed by atoms with Crippen LogP contribution in [0.2, 0.25) is 0 Å². The molecule has 4 N–H and O–H groups in total. The maximum absolute atomic E-state index is 13.9. The number of alkyl carbamates (subject to hydrolysis) is 1. The lowest BCUT2D eigenvalue weighted by Gasteiger charge is -2.33. The number of nitrogens with two attached hydrogens (primary N) is 1. The average Bonchev–Trinajstić information content (AvgIpc) is 2.90. The molecule has 2 unspecified atom stereocenters. The zero-order valence-electron chi connectivity index (χ0n) is 22.9. The van der Waals surface area contributed by atoms with Crippen LogP contribution in [0.3, 0.4) is 0 Å². The Hall–Kier alpha value is -5.03. The Morgan fingerprint density at radius 2 is 1.75 bits per heavy atom. The molecule has 2 aromatic carbocycles. The fourth-order valence-corrected chi connectivity index (χ4v) is 3.77. The number of nitrogens with one attached hydrogen (secondary N) is 2. The van der Waals surface area contributed by atoms with Gasteiger partial charge in [0.05, 0.1) is 13.2 Å². The molecule has 0 aromatic heterocycles. The number of nitriles is 1. The molecule has 0 aliphatic carbocycles. The molecule has 2 atom stereocenters. The molecule has 0 fully saturated rings. The van der Waals surface area contributed by atoms with E-state index < -0.39 is 48.0 Å². The zero-order chi connectivity index (χ0) is 29.9. The summed E-state index contributed by atoms with van der Waals surface area (Å²) in [6.07, 6.45) is 4.33. The highest BCUT2D eigenvalue weighted by Crippen LogP contribution is 2.28. The predicted octanol–water partition coefficient (Wildman–Crippen LogP) is 2.87. The minimum Gasteiger partial charge on any atom is -0.497 e. The molecular weight excluding hydrogens is 514 g/mol. The average molecular weight is 548 g/mol. The molecule has 2 rings (SSSR count). The van der Waals surface area contributed by atoms with E-state index >= 15 is 0 Å². The van der Waals surface area contributed by atoms with Crippen LogP contribution in [-0.4, -0.2) is 54.0 Å². The number of hydrogen-bond acceptors (Lipinski definition) is 7. The van der Waals surface area contributed by atoms with Crippen LogP contribution in [0.5, 0.6) is 5.75 Å². The molecule has 210 valence electrons. The Labute approximate surface area is 233 Å². The quantitative estimate of drug-likeness (QED) is 0.288. The minimum absolute atomic E-state index is 0.195. The van der Waals surface area contributed by atoms with Crippen LogP contribution < -0.4 is 21.1 Å². The summed E-state index contributed by atoms with van der Waals surface area (Å²) in [4.78, 5) is 52.8. The number of terminal acetylenes is 1. The monoisotopic (exact) mass is 547 g/mol. The van der Waals surface area contributed by atoms with Crippen LogP contribution in [0.25, 0.3) is 0 Å². The molecule has 0 saturated heterocycles. The molecule has 0 radical (unpaired) electrons. The first-order chi connectivity index (χ1) is 18.9. The van der Waals surface area contributed by atoms with Gasteiger partial charge in [-0.2, -0.15) is 5.26 Å². The van der Waals surface area contributed by atoms with Crippen LogP contribution in [0.1, 0.15) is 50.8 Å². The first kappa shape index (κ1) is 31.2. The van der Waals surface area contributed by atoms with Crippen LogP contribution in [0.15, 0.2) is 48.5 Å². The molecule has 0 aliphatic rings. The number of rotatable bonds is 11. The number of hydrogen-bond donors (Lipinski definition) is 3. The summed E-state index contributed by atoms with van der Waals surface area (Å²) in [7, 11) is 1.51. The molecular formula is C29H33N5O6. The molecule has 11 heteroatoms. The van der Waals surface area contributed by atoms with Gasteiger partial charge in [0.15, 0.2) is 0 Å². The van der Waals surface area contributed by atoms with Crippen molar-refractivity contribution in [2.45, 2.75) is 51.3 Å². The smallest absolute Gasteiger partial charge is 0.408 e. The Morgan fingerprint density at radius 3 is 2.30 bits per heavy atom. The fourth-order valence-electron chi connectivity index (χ4n) is 3.77. The second-order valence-electron chi connectivity index (χ2n) is 9.68. The first-order valence-electron chi connectivity index (χ1n) is 12.4. The van der Waals surface area contributed by atoms with E-state index in [0.29, 0.717) is 17.0 Å². The van der Waals surface area contributed by atoms with Crippen molar-refractivity contribution in [3.63, 3.8) is 0 Å². The van der Waals surface area contributed by atoms with E-state index in [9.17, 15) is 24.4 Å². The van der Waals surface area contributed by atoms with Gasteiger partial charge in [-0.3, -0.25) is 14.4 Å². The summed E-state index contributed by atoms with van der Waals surface area (Å²) in [6.45, 7) is 4.39. The number of nitrogens with zero attached hydrogens (tertiary/aromatic N) is 2. The van der Waals surface area contributed by atoms with Gasteiger partial charge in [-0.25, -0.2) is 4.79 Å². The highest BCUT2D eigenvalue weighted by Gasteiger charge is 2.37. The Balaban J connectivity index is 2.56.